The summed E-state index contributed by atoms with van der Waals surface area (Å²) in [7, 11) is 0. The Hall–Kier alpha value is -1.82. The van der Waals surface area contributed by atoms with Crippen LogP contribution in [0.1, 0.15) is 39.0 Å². The molecule has 0 radical (unpaired) electrons. The minimum Gasteiger partial charge on any atom is -0.466 e. The maximum absolute atomic E-state index is 11.6. The summed E-state index contributed by atoms with van der Waals surface area (Å²) in [5, 5.41) is 5.65. The largest absolute Gasteiger partial charge is 0.466 e. The number of hydrogen-bond acceptors (Lipinski definition) is 4. The smallest absolute Gasteiger partial charge is 0.319 e. The van der Waals surface area contributed by atoms with Gasteiger partial charge in [0.1, 0.15) is 0 Å². The van der Waals surface area contributed by atoms with Crippen LogP contribution in [0.15, 0.2) is 18.3 Å². The van der Waals surface area contributed by atoms with Gasteiger partial charge in [-0.05, 0) is 31.9 Å². The van der Waals surface area contributed by atoms with Crippen molar-refractivity contribution in [3.05, 3.63) is 23.5 Å². The van der Waals surface area contributed by atoms with Gasteiger partial charge in [-0.3, -0.25) is 4.79 Å². The van der Waals surface area contributed by atoms with E-state index in [1.807, 2.05) is 0 Å². The molecule has 1 aromatic rings. The number of pyridine rings is 1. The van der Waals surface area contributed by atoms with E-state index in [9.17, 15) is 9.59 Å². The van der Waals surface area contributed by atoms with Gasteiger partial charge in [0.2, 0.25) is 0 Å². The van der Waals surface area contributed by atoms with Crippen LogP contribution in [0, 0.1) is 0 Å². The first-order valence-electron chi connectivity index (χ1n) is 7.44. The summed E-state index contributed by atoms with van der Waals surface area (Å²) in [5.41, 5.74) is 0.483. The molecular weight excluding hydrogens is 306 g/mol. The van der Waals surface area contributed by atoms with E-state index in [4.69, 9.17) is 16.3 Å². The lowest BCUT2D eigenvalue weighted by atomic mass is 10.1. The van der Waals surface area contributed by atoms with Crippen molar-refractivity contribution in [2.24, 2.45) is 0 Å². The first-order valence-corrected chi connectivity index (χ1v) is 7.82. The van der Waals surface area contributed by atoms with Crippen molar-refractivity contribution in [3.63, 3.8) is 0 Å². The molecule has 0 atom stereocenters. The molecule has 122 valence electrons. The van der Waals surface area contributed by atoms with E-state index in [2.05, 4.69) is 15.6 Å². The number of halogens is 1. The number of unbranched alkanes of at least 4 members (excludes halogenated alkanes) is 3. The quantitative estimate of drug-likeness (QED) is 0.414. The van der Waals surface area contributed by atoms with Crippen molar-refractivity contribution < 1.29 is 14.3 Å². The average molecular weight is 328 g/mol. The van der Waals surface area contributed by atoms with E-state index in [1.165, 1.54) is 0 Å². The van der Waals surface area contributed by atoms with Crippen molar-refractivity contribution >= 4 is 29.3 Å². The van der Waals surface area contributed by atoms with Crippen molar-refractivity contribution in [2.45, 2.75) is 39.0 Å². The van der Waals surface area contributed by atoms with Crippen LogP contribution in [0.2, 0.25) is 5.15 Å². The molecule has 1 aromatic heterocycles. The zero-order valence-electron chi connectivity index (χ0n) is 12.7. The van der Waals surface area contributed by atoms with Crippen molar-refractivity contribution in [3.8, 4) is 0 Å². The number of amides is 2. The Morgan fingerprint density at radius 2 is 2.05 bits per heavy atom. The molecule has 2 N–H and O–H groups in total. The van der Waals surface area contributed by atoms with Crippen molar-refractivity contribution in [1.82, 2.24) is 10.3 Å². The molecule has 0 aromatic carbocycles. The fraction of sp³-hybridized carbons (Fsp3) is 0.533. The second kappa shape index (κ2) is 10.8. The van der Waals surface area contributed by atoms with E-state index in [1.54, 1.807) is 25.3 Å². The molecule has 0 aliphatic carbocycles. The summed E-state index contributed by atoms with van der Waals surface area (Å²) in [6.07, 6.45) is 5.58. The van der Waals surface area contributed by atoms with Crippen LogP contribution >= 0.6 is 11.6 Å². The highest BCUT2D eigenvalue weighted by molar-refractivity contribution is 6.32. The minimum atomic E-state index is -0.304. The lowest BCUT2D eigenvalue weighted by Gasteiger charge is -2.08. The SMILES string of the molecule is CCOC(=O)CCCCCCNC(=O)Nc1cccnc1Cl. The lowest BCUT2D eigenvalue weighted by molar-refractivity contribution is -0.143. The first-order chi connectivity index (χ1) is 10.6. The Bertz CT molecular complexity index is 483. The number of aromatic nitrogens is 1. The van der Waals surface area contributed by atoms with Gasteiger partial charge >= 0.3 is 12.0 Å². The molecule has 22 heavy (non-hydrogen) atoms. The molecule has 0 saturated carbocycles. The molecule has 2 amide bonds. The van der Waals surface area contributed by atoms with Crippen molar-refractivity contribution in [1.29, 1.82) is 0 Å². The van der Waals surface area contributed by atoms with Gasteiger partial charge in [-0.1, -0.05) is 24.4 Å². The normalized spacial score (nSPS) is 10.1. The Kier molecular flexibility index (Phi) is 8.98. The molecule has 0 fully saturated rings. The number of hydrogen-bond donors (Lipinski definition) is 2. The fourth-order valence-corrected chi connectivity index (χ4v) is 2.00. The number of carbonyl (C=O) groups excluding carboxylic acids is 2. The van der Waals surface area contributed by atoms with Gasteiger partial charge in [0.25, 0.3) is 0 Å². The predicted molar refractivity (Wildman–Crippen MR) is 86.0 cm³/mol. The van der Waals surface area contributed by atoms with Crippen LogP contribution in [-0.4, -0.2) is 30.1 Å². The number of carbonyl (C=O) groups is 2. The van der Waals surface area contributed by atoms with Crippen molar-refractivity contribution in [2.75, 3.05) is 18.5 Å². The summed E-state index contributed by atoms with van der Waals surface area (Å²) in [4.78, 5) is 26.6. The third-order valence-electron chi connectivity index (χ3n) is 2.91. The highest BCUT2D eigenvalue weighted by Crippen LogP contribution is 2.16. The van der Waals surface area contributed by atoms with Crippen LogP contribution < -0.4 is 10.6 Å². The number of ether oxygens (including phenoxy) is 1. The maximum atomic E-state index is 11.6. The standard InChI is InChI=1S/C15H22ClN3O3/c1-2-22-13(20)9-5-3-4-6-10-18-15(21)19-12-8-7-11-17-14(12)16/h7-8,11H,2-6,9-10H2,1H3,(H2,18,19,21). The molecule has 0 spiro atoms. The third kappa shape index (κ3) is 7.83. The van der Waals surface area contributed by atoms with Gasteiger partial charge in [-0.25, -0.2) is 9.78 Å². The van der Waals surface area contributed by atoms with Crippen LogP contribution in [-0.2, 0) is 9.53 Å². The molecule has 0 saturated heterocycles. The van der Waals surface area contributed by atoms with Crippen LogP contribution in [0.4, 0.5) is 10.5 Å². The molecule has 6 nitrogen and oxygen atoms in total. The van der Waals surface area contributed by atoms with Crippen LogP contribution in [0.25, 0.3) is 0 Å². The van der Waals surface area contributed by atoms with Gasteiger partial charge < -0.3 is 15.4 Å². The number of nitrogens with zero attached hydrogens (tertiary/aromatic N) is 1. The van der Waals surface area contributed by atoms with Gasteiger partial charge in [0, 0.05) is 19.2 Å². The van der Waals surface area contributed by atoms with Gasteiger partial charge in [-0.2, -0.15) is 0 Å². The highest BCUT2D eigenvalue weighted by atomic mass is 35.5. The molecule has 1 rings (SSSR count). The first kappa shape index (κ1) is 18.2. The van der Waals surface area contributed by atoms with Crippen LogP contribution in [0.3, 0.4) is 0 Å². The van der Waals surface area contributed by atoms with E-state index in [0.717, 1.165) is 25.7 Å². The van der Waals surface area contributed by atoms with Gasteiger partial charge in [-0.15, -0.1) is 0 Å². The Morgan fingerprint density at radius 3 is 2.77 bits per heavy atom. The summed E-state index contributed by atoms with van der Waals surface area (Å²) < 4.78 is 4.85. The molecular formula is C15H22ClN3O3. The Morgan fingerprint density at radius 1 is 1.27 bits per heavy atom. The maximum Gasteiger partial charge on any atom is 0.319 e. The fourth-order valence-electron chi connectivity index (χ4n) is 1.83. The van der Waals surface area contributed by atoms with Gasteiger partial charge in [0.05, 0.1) is 12.3 Å². The zero-order valence-corrected chi connectivity index (χ0v) is 13.5. The molecule has 7 heteroatoms. The summed E-state index contributed by atoms with van der Waals surface area (Å²) >= 11 is 5.84. The average Bonchev–Trinajstić information content (AvgIpc) is 2.49. The summed E-state index contributed by atoms with van der Waals surface area (Å²) in [6.45, 7) is 2.80. The van der Waals surface area contributed by atoms with E-state index < -0.39 is 0 Å². The summed E-state index contributed by atoms with van der Waals surface area (Å²) in [6, 6.07) is 3.08. The molecule has 0 aliphatic rings. The lowest BCUT2D eigenvalue weighted by Crippen LogP contribution is -2.29. The van der Waals surface area contributed by atoms with E-state index >= 15 is 0 Å². The third-order valence-corrected chi connectivity index (χ3v) is 3.21. The Balaban J connectivity index is 2.04. The highest BCUT2D eigenvalue weighted by Gasteiger charge is 2.05. The monoisotopic (exact) mass is 327 g/mol. The number of nitrogens with one attached hydrogen (secondary N) is 2. The zero-order chi connectivity index (χ0) is 16.2. The predicted octanol–water partition coefficient (Wildman–Crippen LogP) is 3.37. The molecule has 0 aliphatic heterocycles. The summed E-state index contributed by atoms with van der Waals surface area (Å²) in [5.74, 6) is -0.145. The molecule has 1 heterocycles. The minimum absolute atomic E-state index is 0.145. The van der Waals surface area contributed by atoms with E-state index in [-0.39, 0.29) is 17.2 Å². The molecule has 0 unspecified atom stereocenters. The van der Waals surface area contributed by atoms with E-state index in [0.29, 0.717) is 25.3 Å². The number of anilines is 1. The second-order valence-electron chi connectivity index (χ2n) is 4.69. The second-order valence-corrected chi connectivity index (χ2v) is 5.05. The topological polar surface area (TPSA) is 80.3 Å². The van der Waals surface area contributed by atoms with Crippen LogP contribution in [0.5, 0.6) is 0 Å². The van der Waals surface area contributed by atoms with Gasteiger partial charge in [0.15, 0.2) is 5.15 Å². The number of urea groups is 1. The number of rotatable bonds is 9. The number of esters is 1. The Labute approximate surface area is 135 Å². The molecule has 0 bridgehead atoms.